The van der Waals surface area contributed by atoms with E-state index in [-0.39, 0.29) is 12.5 Å². The van der Waals surface area contributed by atoms with Gasteiger partial charge in [-0.05, 0) is 44.7 Å². The Morgan fingerprint density at radius 2 is 1.79 bits per heavy atom. The molecule has 2 atom stereocenters. The number of alkyl halides is 6. The molecule has 6 nitrogen and oxygen atoms in total. The lowest BCUT2D eigenvalue weighted by Gasteiger charge is -2.28. The summed E-state index contributed by atoms with van der Waals surface area (Å²) >= 11 is 0. The first-order chi connectivity index (χ1) is 15.7. The van der Waals surface area contributed by atoms with Crippen LogP contribution in [0.25, 0.3) is 0 Å². The highest BCUT2D eigenvalue weighted by Crippen LogP contribution is 2.35. The fraction of sp³-hybridized carbons (Fsp3) is 0.500. The number of amides is 1. The summed E-state index contributed by atoms with van der Waals surface area (Å²) in [6.07, 6.45) is -6.90. The number of carbonyl (C=O) groups excluding carboxylic acids is 1. The van der Waals surface area contributed by atoms with Gasteiger partial charge in [-0.25, -0.2) is 4.98 Å². The van der Waals surface area contributed by atoms with Crippen LogP contribution in [0, 0.1) is 5.41 Å². The van der Waals surface area contributed by atoms with Crippen LogP contribution in [0.15, 0.2) is 36.7 Å². The van der Waals surface area contributed by atoms with Crippen LogP contribution in [0.4, 0.5) is 26.3 Å². The minimum absolute atomic E-state index is 0.312. The van der Waals surface area contributed by atoms with Crippen LogP contribution in [0.1, 0.15) is 36.6 Å². The maximum absolute atomic E-state index is 13.2. The smallest absolute Gasteiger partial charge is 0.433 e. The van der Waals surface area contributed by atoms with Crippen molar-refractivity contribution in [3.8, 4) is 5.88 Å². The van der Waals surface area contributed by atoms with Crippen molar-refractivity contribution in [3.63, 3.8) is 0 Å². The molecule has 1 fully saturated rings. The summed E-state index contributed by atoms with van der Waals surface area (Å²) in [6.45, 7) is 3.59. The molecule has 3 heterocycles. The van der Waals surface area contributed by atoms with Gasteiger partial charge in [-0.1, -0.05) is 6.07 Å². The summed E-state index contributed by atoms with van der Waals surface area (Å²) in [5.74, 6) is -1.40. The molecule has 2 aromatic heterocycles. The summed E-state index contributed by atoms with van der Waals surface area (Å²) in [5.41, 5.74) is -2.72. The molecule has 3 rings (SSSR count). The topological polar surface area (TPSA) is 67.4 Å². The Morgan fingerprint density at radius 1 is 1.09 bits per heavy atom. The number of likely N-dealkylation sites (N-methyl/N-ethyl adjacent to an activating group) is 1. The summed E-state index contributed by atoms with van der Waals surface area (Å²) < 4.78 is 83.2. The molecule has 2 aromatic rings. The number of hydrogen-bond acceptors (Lipinski definition) is 5. The van der Waals surface area contributed by atoms with E-state index in [1.165, 1.54) is 19.9 Å². The number of nitrogens with one attached hydrogen (secondary N) is 1. The Kier molecular flexibility index (Phi) is 7.11. The van der Waals surface area contributed by atoms with Crippen LogP contribution in [0.2, 0.25) is 0 Å². The van der Waals surface area contributed by atoms with Gasteiger partial charge < -0.3 is 15.0 Å². The average Bonchev–Trinajstić information content (AvgIpc) is 3.11. The molecule has 1 N–H and O–H groups in total. The van der Waals surface area contributed by atoms with E-state index in [1.54, 1.807) is 0 Å². The molecule has 0 aliphatic carbocycles. The maximum atomic E-state index is 13.2. The van der Waals surface area contributed by atoms with Gasteiger partial charge in [-0.2, -0.15) is 26.3 Å². The second-order valence-corrected chi connectivity index (χ2v) is 8.91. The number of rotatable bonds is 6. The van der Waals surface area contributed by atoms with Crippen molar-refractivity contribution < 1.29 is 35.9 Å². The van der Waals surface area contributed by atoms with E-state index >= 15 is 0 Å². The van der Waals surface area contributed by atoms with E-state index in [9.17, 15) is 31.1 Å². The minimum atomic E-state index is -4.66. The third-order valence-electron chi connectivity index (χ3n) is 5.58. The number of carbonyl (C=O) groups is 1. The molecule has 0 radical (unpaired) electrons. The number of likely N-dealkylation sites (tertiary alicyclic amines) is 1. The highest BCUT2D eigenvalue weighted by Gasteiger charge is 2.39. The second kappa shape index (κ2) is 9.40. The molecule has 1 amide bonds. The number of ether oxygens (including phenoxy) is 1. The molecule has 1 aliphatic heterocycles. The van der Waals surface area contributed by atoms with Crippen molar-refractivity contribution in [2.75, 3.05) is 26.7 Å². The molecule has 12 heteroatoms. The van der Waals surface area contributed by atoms with Gasteiger partial charge in [0.05, 0.1) is 5.41 Å². The Balaban J connectivity index is 1.69. The van der Waals surface area contributed by atoms with E-state index in [4.69, 9.17) is 4.74 Å². The lowest BCUT2D eigenvalue weighted by atomic mass is 9.90. The molecular formula is C22H24F6N4O2. The van der Waals surface area contributed by atoms with Crippen molar-refractivity contribution in [3.05, 3.63) is 53.5 Å². The van der Waals surface area contributed by atoms with Crippen molar-refractivity contribution in [1.29, 1.82) is 0 Å². The van der Waals surface area contributed by atoms with E-state index in [0.717, 1.165) is 30.6 Å². The Morgan fingerprint density at radius 3 is 2.38 bits per heavy atom. The molecule has 0 bridgehead atoms. The van der Waals surface area contributed by atoms with Gasteiger partial charge in [0, 0.05) is 37.4 Å². The van der Waals surface area contributed by atoms with Gasteiger partial charge >= 0.3 is 12.4 Å². The normalized spacial score (nSPS) is 19.8. The highest BCUT2D eigenvalue weighted by atomic mass is 19.4. The number of pyridine rings is 2. The van der Waals surface area contributed by atoms with Crippen LogP contribution in [0.3, 0.4) is 0 Å². The first-order valence-corrected chi connectivity index (χ1v) is 10.4. The van der Waals surface area contributed by atoms with Gasteiger partial charge in [0.25, 0.3) is 0 Å². The third-order valence-corrected chi connectivity index (χ3v) is 5.58. The second-order valence-electron chi connectivity index (χ2n) is 8.91. The largest absolute Gasteiger partial charge is 0.476 e. The van der Waals surface area contributed by atoms with Crippen LogP contribution in [-0.4, -0.2) is 53.6 Å². The first-order valence-electron chi connectivity index (χ1n) is 10.4. The van der Waals surface area contributed by atoms with Gasteiger partial charge in [0.2, 0.25) is 11.8 Å². The zero-order valence-corrected chi connectivity index (χ0v) is 18.7. The van der Waals surface area contributed by atoms with Crippen LogP contribution < -0.4 is 10.1 Å². The Hall–Kier alpha value is -2.89. The van der Waals surface area contributed by atoms with E-state index in [0.29, 0.717) is 18.7 Å². The number of aromatic nitrogens is 2. The molecule has 0 aromatic carbocycles. The number of nitrogens with zero attached hydrogens (tertiary/aromatic N) is 3. The lowest BCUT2D eigenvalue weighted by Crippen LogP contribution is -2.48. The zero-order chi connectivity index (χ0) is 25.3. The molecule has 1 aliphatic rings. The van der Waals surface area contributed by atoms with Crippen molar-refractivity contribution in [2.45, 2.75) is 38.2 Å². The monoisotopic (exact) mass is 490 g/mol. The Labute approximate surface area is 192 Å². The lowest BCUT2D eigenvalue weighted by molar-refractivity contribution is -0.141. The van der Waals surface area contributed by atoms with Crippen molar-refractivity contribution in [1.82, 2.24) is 20.2 Å². The predicted octanol–water partition coefficient (Wildman–Crippen LogP) is 4.13. The molecule has 34 heavy (non-hydrogen) atoms. The standard InChI is InChI=1S/C22H24F6N4O2/c1-20(2,12-34-18-15(21(23,24)25)5-4-8-29-18)19(33)31-16-11-32(3)10-14(16)13-6-7-17(30-9-13)22(26,27)28/h4-9,14,16H,10-12H2,1-3H3,(H,31,33)/t14-,16+/m1/s1. The van der Waals surface area contributed by atoms with Crippen LogP contribution >= 0.6 is 0 Å². The van der Waals surface area contributed by atoms with Gasteiger partial charge in [0.1, 0.15) is 17.9 Å². The molecule has 0 saturated carbocycles. The quantitative estimate of drug-likeness (QED) is 0.617. The number of hydrogen-bond donors (Lipinski definition) is 1. The molecule has 186 valence electrons. The summed E-state index contributed by atoms with van der Waals surface area (Å²) in [7, 11) is 1.81. The molecule has 1 saturated heterocycles. The summed E-state index contributed by atoms with van der Waals surface area (Å²) in [5, 5.41) is 2.87. The van der Waals surface area contributed by atoms with Crippen molar-refractivity contribution in [2.24, 2.45) is 5.41 Å². The molecule has 0 spiro atoms. The zero-order valence-electron chi connectivity index (χ0n) is 18.7. The average molecular weight is 490 g/mol. The number of halogens is 6. The van der Waals surface area contributed by atoms with Gasteiger partial charge in [-0.3, -0.25) is 9.78 Å². The Bertz CT molecular complexity index is 1010. The maximum Gasteiger partial charge on any atom is 0.433 e. The first kappa shape index (κ1) is 25.7. The van der Waals surface area contributed by atoms with Crippen molar-refractivity contribution >= 4 is 5.91 Å². The predicted molar refractivity (Wildman–Crippen MR) is 110 cm³/mol. The van der Waals surface area contributed by atoms with Gasteiger partial charge in [0.15, 0.2) is 0 Å². The van der Waals surface area contributed by atoms with E-state index < -0.39 is 46.9 Å². The fourth-order valence-electron chi connectivity index (χ4n) is 3.68. The fourth-order valence-corrected chi connectivity index (χ4v) is 3.68. The van der Waals surface area contributed by atoms with E-state index in [1.807, 2.05) is 11.9 Å². The van der Waals surface area contributed by atoms with Gasteiger partial charge in [-0.15, -0.1) is 0 Å². The van der Waals surface area contributed by atoms with Crippen LogP contribution in [0.5, 0.6) is 5.88 Å². The summed E-state index contributed by atoms with van der Waals surface area (Å²) in [4.78, 5) is 22.0. The SMILES string of the molecule is CN1C[C@H](NC(=O)C(C)(C)COc2ncccc2C(F)(F)F)[C@@H](c2ccc(C(F)(F)F)nc2)C1. The third kappa shape index (κ3) is 5.96. The van der Waals surface area contributed by atoms with E-state index in [2.05, 4.69) is 15.3 Å². The molecular weight excluding hydrogens is 466 g/mol. The summed E-state index contributed by atoms with van der Waals surface area (Å²) in [6, 6.07) is 3.78. The highest BCUT2D eigenvalue weighted by molar-refractivity contribution is 5.82. The van der Waals surface area contributed by atoms with Crippen LogP contribution in [-0.2, 0) is 17.1 Å². The molecule has 0 unspecified atom stereocenters. The minimum Gasteiger partial charge on any atom is -0.476 e.